The van der Waals surface area contributed by atoms with Gasteiger partial charge in [0, 0.05) is 51.0 Å². The van der Waals surface area contributed by atoms with Crippen molar-refractivity contribution < 1.29 is 14.3 Å². The van der Waals surface area contributed by atoms with E-state index in [1.165, 1.54) is 11.1 Å². The SMILES string of the molecule is CCN(CC)C(=O)C(=O)c1ccccc1Nc1nc(Nc2ccc(N3CCN(C)CC3)c(OC)c2)ncc1Cl. The molecule has 10 nitrogen and oxygen atoms in total. The zero-order valence-corrected chi connectivity index (χ0v) is 23.5. The fourth-order valence-electron chi connectivity index (χ4n) is 4.40. The summed E-state index contributed by atoms with van der Waals surface area (Å²) in [6, 6.07) is 12.7. The number of piperazine rings is 1. The first-order valence-corrected chi connectivity index (χ1v) is 13.3. The van der Waals surface area contributed by atoms with Crippen LogP contribution < -0.4 is 20.3 Å². The predicted molar refractivity (Wildman–Crippen MR) is 155 cm³/mol. The van der Waals surface area contributed by atoms with E-state index in [0.717, 1.165) is 43.3 Å². The van der Waals surface area contributed by atoms with E-state index in [1.54, 1.807) is 31.4 Å². The van der Waals surface area contributed by atoms with Gasteiger partial charge >= 0.3 is 0 Å². The van der Waals surface area contributed by atoms with Gasteiger partial charge in [-0.25, -0.2) is 4.98 Å². The Morgan fingerprint density at radius 2 is 1.77 bits per heavy atom. The Bertz CT molecular complexity index is 1320. The molecule has 39 heavy (non-hydrogen) atoms. The summed E-state index contributed by atoms with van der Waals surface area (Å²) in [7, 11) is 3.78. The maximum absolute atomic E-state index is 13.0. The minimum absolute atomic E-state index is 0.239. The lowest BCUT2D eigenvalue weighted by Crippen LogP contribution is -2.44. The van der Waals surface area contributed by atoms with Crippen molar-refractivity contribution in [1.82, 2.24) is 19.8 Å². The van der Waals surface area contributed by atoms with Gasteiger partial charge in [0.2, 0.25) is 5.95 Å². The number of ether oxygens (including phenoxy) is 1. The van der Waals surface area contributed by atoms with Gasteiger partial charge in [-0.15, -0.1) is 0 Å². The van der Waals surface area contributed by atoms with Crippen LogP contribution in [0.15, 0.2) is 48.7 Å². The van der Waals surface area contributed by atoms with Gasteiger partial charge in [0.05, 0.1) is 30.2 Å². The van der Waals surface area contributed by atoms with E-state index in [4.69, 9.17) is 16.3 Å². The van der Waals surface area contributed by atoms with Crippen LogP contribution >= 0.6 is 11.6 Å². The quantitative estimate of drug-likeness (QED) is 0.280. The van der Waals surface area contributed by atoms with E-state index in [0.29, 0.717) is 30.5 Å². The number of nitrogens with zero attached hydrogens (tertiary/aromatic N) is 5. The molecule has 1 saturated heterocycles. The smallest absolute Gasteiger partial charge is 0.295 e. The van der Waals surface area contributed by atoms with Crippen LogP contribution in [0.2, 0.25) is 5.02 Å². The molecule has 4 rings (SSSR count). The second-order valence-electron chi connectivity index (χ2n) is 9.17. The number of nitrogens with one attached hydrogen (secondary N) is 2. The number of Topliss-reactive ketones (excluding diaryl/α,β-unsaturated/α-hetero) is 1. The first-order chi connectivity index (χ1) is 18.8. The summed E-state index contributed by atoms with van der Waals surface area (Å²) in [6.07, 6.45) is 1.47. The van der Waals surface area contributed by atoms with Gasteiger partial charge in [0.15, 0.2) is 5.82 Å². The lowest BCUT2D eigenvalue weighted by atomic mass is 10.1. The highest BCUT2D eigenvalue weighted by atomic mass is 35.5. The summed E-state index contributed by atoms with van der Waals surface area (Å²) < 4.78 is 5.68. The highest BCUT2D eigenvalue weighted by Crippen LogP contribution is 2.33. The molecule has 1 aliphatic rings. The number of hydrogen-bond acceptors (Lipinski definition) is 9. The highest BCUT2D eigenvalue weighted by molar-refractivity contribution is 6.44. The fraction of sp³-hybridized carbons (Fsp3) is 0.357. The third-order valence-electron chi connectivity index (χ3n) is 6.69. The van der Waals surface area contributed by atoms with E-state index < -0.39 is 11.7 Å². The van der Waals surface area contributed by atoms with Gasteiger partial charge in [-0.1, -0.05) is 23.7 Å². The third-order valence-corrected chi connectivity index (χ3v) is 6.97. The molecule has 0 aliphatic carbocycles. The molecule has 2 aromatic carbocycles. The Kier molecular flexibility index (Phi) is 9.21. The molecule has 1 aromatic heterocycles. The average Bonchev–Trinajstić information content (AvgIpc) is 2.95. The number of carbonyl (C=O) groups is 2. The molecular weight excluding hydrogens is 518 g/mol. The Balaban J connectivity index is 1.54. The monoisotopic (exact) mass is 551 g/mol. The first kappa shape index (κ1) is 28.1. The van der Waals surface area contributed by atoms with Crippen LogP contribution in [0, 0.1) is 0 Å². The largest absolute Gasteiger partial charge is 0.495 e. The number of para-hydroxylation sites is 1. The number of hydrogen-bond donors (Lipinski definition) is 2. The summed E-state index contributed by atoms with van der Waals surface area (Å²) in [5, 5.41) is 6.57. The van der Waals surface area contributed by atoms with Crippen molar-refractivity contribution in [1.29, 1.82) is 0 Å². The van der Waals surface area contributed by atoms with E-state index in [9.17, 15) is 9.59 Å². The van der Waals surface area contributed by atoms with E-state index in [2.05, 4.69) is 37.4 Å². The molecular formula is C28H34ClN7O3. The summed E-state index contributed by atoms with van der Waals surface area (Å²) in [5.74, 6) is 0.199. The highest BCUT2D eigenvalue weighted by Gasteiger charge is 2.24. The lowest BCUT2D eigenvalue weighted by molar-refractivity contribution is -0.126. The predicted octanol–water partition coefficient (Wildman–Crippen LogP) is 4.43. The fourth-order valence-corrected chi connectivity index (χ4v) is 4.53. The summed E-state index contributed by atoms with van der Waals surface area (Å²) in [5.41, 5.74) is 2.45. The van der Waals surface area contributed by atoms with Gasteiger partial charge < -0.3 is 30.1 Å². The molecule has 2 N–H and O–H groups in total. The van der Waals surface area contributed by atoms with Gasteiger partial charge in [-0.2, -0.15) is 4.98 Å². The second kappa shape index (κ2) is 12.8. The second-order valence-corrected chi connectivity index (χ2v) is 9.58. The standard InChI is InChI=1S/C28H34ClN7O3/c1-5-35(6-2)27(38)25(37)20-9-7-8-10-22(20)32-26-21(29)18-30-28(33-26)31-19-11-12-23(24(17-19)39-4)36-15-13-34(3)14-16-36/h7-12,17-18H,5-6,13-16H2,1-4H3,(H2,30,31,32,33). The van der Waals surface area contributed by atoms with Crippen LogP contribution in [0.4, 0.5) is 28.8 Å². The molecule has 0 saturated carbocycles. The number of rotatable bonds is 10. The Morgan fingerprint density at radius 3 is 2.46 bits per heavy atom. The zero-order valence-electron chi connectivity index (χ0n) is 22.7. The molecule has 0 radical (unpaired) electrons. The molecule has 0 atom stereocenters. The molecule has 1 amide bonds. The summed E-state index contributed by atoms with van der Waals surface area (Å²) in [4.78, 5) is 40.6. The number of amides is 1. The molecule has 2 heterocycles. The van der Waals surface area contributed by atoms with E-state index in [1.807, 2.05) is 32.0 Å². The number of aromatic nitrogens is 2. The number of methoxy groups -OCH3 is 1. The van der Waals surface area contributed by atoms with Crippen molar-refractivity contribution in [2.45, 2.75) is 13.8 Å². The van der Waals surface area contributed by atoms with Crippen molar-refractivity contribution in [2.75, 3.05) is 69.0 Å². The van der Waals surface area contributed by atoms with Gasteiger partial charge in [0.1, 0.15) is 10.8 Å². The zero-order chi connectivity index (χ0) is 27.9. The average molecular weight is 552 g/mol. The first-order valence-electron chi connectivity index (χ1n) is 12.9. The molecule has 1 fully saturated rings. The van der Waals surface area contributed by atoms with Gasteiger partial charge in [0.25, 0.3) is 11.7 Å². The van der Waals surface area contributed by atoms with Crippen molar-refractivity contribution in [3.63, 3.8) is 0 Å². The molecule has 0 spiro atoms. The number of ketones is 1. The van der Waals surface area contributed by atoms with Crippen molar-refractivity contribution in [3.8, 4) is 5.75 Å². The van der Waals surface area contributed by atoms with Gasteiger partial charge in [-0.05, 0) is 45.2 Å². The van der Waals surface area contributed by atoms with E-state index >= 15 is 0 Å². The van der Waals surface area contributed by atoms with Crippen LogP contribution in [0.1, 0.15) is 24.2 Å². The maximum Gasteiger partial charge on any atom is 0.295 e. The normalized spacial score (nSPS) is 13.6. The van der Waals surface area contributed by atoms with Crippen LogP contribution in [0.25, 0.3) is 0 Å². The Hall–Kier alpha value is -3.89. The van der Waals surface area contributed by atoms with Crippen LogP contribution in [-0.2, 0) is 4.79 Å². The number of carbonyl (C=O) groups excluding carboxylic acids is 2. The molecule has 3 aromatic rings. The molecule has 11 heteroatoms. The van der Waals surface area contributed by atoms with Crippen LogP contribution in [-0.4, -0.2) is 84.9 Å². The van der Waals surface area contributed by atoms with Crippen molar-refractivity contribution >= 4 is 52.1 Å². The van der Waals surface area contributed by atoms with E-state index in [-0.39, 0.29) is 10.6 Å². The Morgan fingerprint density at radius 1 is 1.05 bits per heavy atom. The van der Waals surface area contributed by atoms with Crippen LogP contribution in [0.5, 0.6) is 5.75 Å². The topological polar surface area (TPSA) is 103 Å². The third kappa shape index (κ3) is 6.58. The summed E-state index contributed by atoms with van der Waals surface area (Å²) in [6.45, 7) is 8.42. The number of likely N-dealkylation sites (N-methyl/N-ethyl adjacent to an activating group) is 2. The molecule has 1 aliphatic heterocycles. The van der Waals surface area contributed by atoms with Crippen molar-refractivity contribution in [3.05, 3.63) is 59.2 Å². The maximum atomic E-state index is 13.0. The summed E-state index contributed by atoms with van der Waals surface area (Å²) >= 11 is 6.40. The molecule has 0 unspecified atom stereocenters. The molecule has 206 valence electrons. The minimum atomic E-state index is -0.599. The number of anilines is 5. The molecule has 0 bridgehead atoms. The van der Waals surface area contributed by atoms with Crippen LogP contribution in [0.3, 0.4) is 0 Å². The van der Waals surface area contributed by atoms with Gasteiger partial charge in [-0.3, -0.25) is 9.59 Å². The van der Waals surface area contributed by atoms with Crippen molar-refractivity contribution in [2.24, 2.45) is 0 Å². The lowest BCUT2D eigenvalue weighted by Gasteiger charge is -2.34. The number of benzene rings is 2. The number of halogens is 1. The minimum Gasteiger partial charge on any atom is -0.495 e. The Labute approximate surface area is 233 Å².